The third-order valence-electron chi connectivity index (χ3n) is 5.44. The summed E-state index contributed by atoms with van der Waals surface area (Å²) < 4.78 is 7.37. The Labute approximate surface area is 179 Å². The van der Waals surface area contributed by atoms with Crippen molar-refractivity contribution in [3.05, 3.63) is 79.3 Å². The molecule has 3 aromatic rings. The number of nitrogens with zero attached hydrogens (tertiary/aromatic N) is 1. The van der Waals surface area contributed by atoms with Gasteiger partial charge < -0.3 is 9.30 Å². The fourth-order valence-corrected chi connectivity index (χ4v) is 5.18. The minimum absolute atomic E-state index is 0.194. The summed E-state index contributed by atoms with van der Waals surface area (Å²) in [5.74, 6) is -0.608. The Hall–Kier alpha value is -2.37. The van der Waals surface area contributed by atoms with Crippen molar-refractivity contribution in [3.8, 4) is 0 Å². The van der Waals surface area contributed by atoms with Gasteiger partial charge in [0.05, 0.1) is 0 Å². The molecule has 0 aliphatic heterocycles. The molecule has 0 saturated heterocycles. The van der Waals surface area contributed by atoms with E-state index in [0.717, 1.165) is 36.2 Å². The Morgan fingerprint density at radius 1 is 1.17 bits per heavy atom. The summed E-state index contributed by atoms with van der Waals surface area (Å²) in [6, 6.07) is 11.4. The second kappa shape index (κ2) is 8.17. The fraction of sp³-hybridized carbons (Fsp3) is 0.304. The SMILES string of the molecule is Cc1cc(C(=O)COC(=O)c2cc3c(s2)CCC3)c(C)n1Cc1ccccc1Cl. The number of carbonyl (C=O) groups excluding carboxylic acids is 2. The highest BCUT2D eigenvalue weighted by atomic mass is 35.5. The molecule has 0 amide bonds. The van der Waals surface area contributed by atoms with Crippen LogP contribution in [-0.2, 0) is 24.1 Å². The number of fused-ring (bicyclic) bond motifs is 1. The Bertz CT molecular complexity index is 1070. The maximum absolute atomic E-state index is 12.7. The van der Waals surface area contributed by atoms with E-state index in [1.807, 2.05) is 50.2 Å². The molecule has 1 aromatic carbocycles. The zero-order valence-electron chi connectivity index (χ0n) is 16.5. The van der Waals surface area contributed by atoms with Gasteiger partial charge in [-0.25, -0.2) is 4.79 Å². The number of thiophene rings is 1. The minimum Gasteiger partial charge on any atom is -0.453 e. The first kappa shape index (κ1) is 19.9. The molecule has 2 heterocycles. The first-order chi connectivity index (χ1) is 13.9. The summed E-state index contributed by atoms with van der Waals surface area (Å²) >= 11 is 7.77. The number of hydrogen-bond acceptors (Lipinski definition) is 4. The van der Waals surface area contributed by atoms with Gasteiger partial charge in [-0.2, -0.15) is 0 Å². The van der Waals surface area contributed by atoms with Crippen molar-refractivity contribution in [1.29, 1.82) is 0 Å². The average molecular weight is 428 g/mol. The van der Waals surface area contributed by atoms with Gasteiger partial charge in [-0.05, 0) is 62.4 Å². The zero-order chi connectivity index (χ0) is 20.5. The number of aromatic nitrogens is 1. The van der Waals surface area contributed by atoms with Crippen LogP contribution in [0, 0.1) is 13.8 Å². The van der Waals surface area contributed by atoms with Gasteiger partial charge in [0.25, 0.3) is 0 Å². The first-order valence-electron chi connectivity index (χ1n) is 9.66. The smallest absolute Gasteiger partial charge is 0.348 e. The van der Waals surface area contributed by atoms with Crippen LogP contribution in [0.3, 0.4) is 0 Å². The summed E-state index contributed by atoms with van der Waals surface area (Å²) in [6.45, 7) is 4.20. The summed E-state index contributed by atoms with van der Waals surface area (Å²) in [6.07, 6.45) is 3.21. The molecule has 4 nitrogen and oxygen atoms in total. The van der Waals surface area contributed by atoms with E-state index in [2.05, 4.69) is 4.57 Å². The van der Waals surface area contributed by atoms with E-state index < -0.39 is 5.97 Å². The zero-order valence-corrected chi connectivity index (χ0v) is 18.0. The van der Waals surface area contributed by atoms with E-state index in [1.165, 1.54) is 21.8 Å². The minimum atomic E-state index is -0.414. The quantitative estimate of drug-likeness (QED) is 0.391. The second-order valence-electron chi connectivity index (χ2n) is 7.37. The molecule has 0 fully saturated rings. The average Bonchev–Trinajstić information content (AvgIpc) is 3.37. The monoisotopic (exact) mass is 427 g/mol. The molecule has 0 bridgehead atoms. The first-order valence-corrected chi connectivity index (χ1v) is 10.9. The third kappa shape index (κ3) is 4.02. The normalized spacial score (nSPS) is 12.8. The summed E-state index contributed by atoms with van der Waals surface area (Å²) in [5.41, 5.74) is 4.63. The number of aryl methyl sites for hydroxylation is 3. The lowest BCUT2D eigenvalue weighted by molar-refractivity contribution is 0.0479. The van der Waals surface area contributed by atoms with Crippen LogP contribution < -0.4 is 0 Å². The number of esters is 1. The van der Waals surface area contributed by atoms with Crippen molar-refractivity contribution in [2.75, 3.05) is 6.61 Å². The van der Waals surface area contributed by atoms with Crippen molar-refractivity contribution >= 4 is 34.7 Å². The highest BCUT2D eigenvalue weighted by molar-refractivity contribution is 7.14. The van der Waals surface area contributed by atoms with Crippen LogP contribution in [0.15, 0.2) is 36.4 Å². The van der Waals surface area contributed by atoms with Crippen molar-refractivity contribution in [2.24, 2.45) is 0 Å². The maximum atomic E-state index is 12.7. The molecule has 2 aromatic heterocycles. The predicted octanol–water partition coefficient (Wildman–Crippen LogP) is 5.40. The van der Waals surface area contributed by atoms with Crippen molar-refractivity contribution in [3.63, 3.8) is 0 Å². The van der Waals surface area contributed by atoms with Crippen LogP contribution >= 0.6 is 22.9 Å². The number of Topliss-reactive ketones (excluding diaryl/α,β-unsaturated/α-hetero) is 1. The lowest BCUT2D eigenvalue weighted by Crippen LogP contribution is -2.14. The van der Waals surface area contributed by atoms with Crippen LogP contribution in [0.5, 0.6) is 0 Å². The van der Waals surface area contributed by atoms with Crippen LogP contribution in [0.2, 0.25) is 5.02 Å². The molecular formula is C23H22ClNO3S. The van der Waals surface area contributed by atoms with E-state index in [0.29, 0.717) is 22.0 Å². The molecule has 1 aliphatic rings. The Balaban J connectivity index is 1.44. The van der Waals surface area contributed by atoms with Gasteiger partial charge in [0, 0.05) is 33.4 Å². The Morgan fingerprint density at radius 3 is 2.72 bits per heavy atom. The molecule has 0 spiro atoms. The molecule has 150 valence electrons. The molecular weight excluding hydrogens is 406 g/mol. The highest BCUT2D eigenvalue weighted by Crippen LogP contribution is 2.31. The Morgan fingerprint density at radius 2 is 1.97 bits per heavy atom. The predicted molar refractivity (Wildman–Crippen MR) is 115 cm³/mol. The van der Waals surface area contributed by atoms with E-state index in [1.54, 1.807) is 0 Å². The molecule has 0 saturated carbocycles. The molecule has 0 atom stereocenters. The topological polar surface area (TPSA) is 48.3 Å². The van der Waals surface area contributed by atoms with Crippen molar-refractivity contribution in [1.82, 2.24) is 4.57 Å². The maximum Gasteiger partial charge on any atom is 0.348 e. The summed E-state index contributed by atoms with van der Waals surface area (Å²) in [5, 5.41) is 0.699. The lowest BCUT2D eigenvalue weighted by Gasteiger charge is -2.11. The highest BCUT2D eigenvalue weighted by Gasteiger charge is 2.22. The number of benzene rings is 1. The third-order valence-corrected chi connectivity index (χ3v) is 7.03. The molecule has 1 aliphatic carbocycles. The summed E-state index contributed by atoms with van der Waals surface area (Å²) in [4.78, 5) is 26.9. The van der Waals surface area contributed by atoms with E-state index in [-0.39, 0.29) is 12.4 Å². The van der Waals surface area contributed by atoms with Gasteiger partial charge >= 0.3 is 5.97 Å². The Kier molecular flexibility index (Phi) is 5.61. The number of ketones is 1. The molecule has 4 rings (SSSR count). The van der Waals surface area contributed by atoms with Crippen molar-refractivity contribution in [2.45, 2.75) is 39.7 Å². The lowest BCUT2D eigenvalue weighted by atomic mass is 10.1. The van der Waals surface area contributed by atoms with Crippen LogP contribution in [0.4, 0.5) is 0 Å². The standard InChI is InChI=1S/C23H22ClNO3S/c1-14-10-18(15(2)25(14)12-17-6-3-4-8-19(17)24)20(26)13-28-23(27)22-11-16-7-5-9-21(16)29-22/h3-4,6,8,10-11H,5,7,9,12-13H2,1-2H3. The number of ether oxygens (including phenoxy) is 1. The molecule has 0 radical (unpaired) electrons. The fourth-order valence-electron chi connectivity index (χ4n) is 3.83. The van der Waals surface area contributed by atoms with E-state index in [4.69, 9.17) is 16.3 Å². The molecule has 6 heteroatoms. The van der Waals surface area contributed by atoms with E-state index in [9.17, 15) is 9.59 Å². The second-order valence-corrected chi connectivity index (χ2v) is 8.92. The van der Waals surface area contributed by atoms with Gasteiger partial charge in [-0.1, -0.05) is 29.8 Å². The molecule has 29 heavy (non-hydrogen) atoms. The van der Waals surface area contributed by atoms with E-state index >= 15 is 0 Å². The van der Waals surface area contributed by atoms with Gasteiger partial charge in [-0.15, -0.1) is 11.3 Å². The number of rotatable bonds is 6. The number of hydrogen-bond donors (Lipinski definition) is 0. The molecule has 0 unspecified atom stereocenters. The number of carbonyl (C=O) groups is 2. The van der Waals surface area contributed by atoms with Crippen molar-refractivity contribution < 1.29 is 14.3 Å². The number of halogens is 1. The van der Waals surface area contributed by atoms with Gasteiger partial charge in [0.15, 0.2) is 6.61 Å². The van der Waals surface area contributed by atoms with Gasteiger partial charge in [-0.3, -0.25) is 4.79 Å². The van der Waals surface area contributed by atoms with Crippen LogP contribution in [-0.4, -0.2) is 22.9 Å². The summed E-state index contributed by atoms with van der Waals surface area (Å²) in [7, 11) is 0. The van der Waals surface area contributed by atoms with Gasteiger partial charge in [0.2, 0.25) is 5.78 Å². The van der Waals surface area contributed by atoms with Crippen LogP contribution in [0.25, 0.3) is 0 Å². The largest absolute Gasteiger partial charge is 0.453 e. The van der Waals surface area contributed by atoms with Crippen LogP contribution in [0.1, 0.15) is 53.8 Å². The van der Waals surface area contributed by atoms with Gasteiger partial charge in [0.1, 0.15) is 4.88 Å². The molecule has 0 N–H and O–H groups in total.